The van der Waals surface area contributed by atoms with Crippen molar-refractivity contribution in [1.82, 2.24) is 5.32 Å². The van der Waals surface area contributed by atoms with Gasteiger partial charge < -0.3 is 50.5 Å². The van der Waals surface area contributed by atoms with E-state index in [0.717, 1.165) is 38.5 Å². The van der Waals surface area contributed by atoms with Crippen molar-refractivity contribution >= 4 is 5.91 Å². The molecule has 1 aliphatic rings. The highest BCUT2D eigenvalue weighted by Crippen LogP contribution is 2.24. The summed E-state index contributed by atoms with van der Waals surface area (Å²) in [6, 6.07) is -1.16. The van der Waals surface area contributed by atoms with E-state index in [1.165, 1.54) is 250 Å². The monoisotopic (exact) mass is 1060 g/mol. The van der Waals surface area contributed by atoms with Crippen LogP contribution >= 0.6 is 0 Å². The molecule has 9 unspecified atom stereocenters. The first-order chi connectivity index (χ1) is 36.2. The standard InChI is InChI=1S/C63H125NO10/c1-3-5-7-9-11-13-15-17-19-20-21-22-23-24-25-26-27-28-29-30-31-32-33-34-35-37-38-40-42-44-46-48-50-55(66)58(68)54(53-73-63-61(71)60(70)59(69)57(52-65)74-63)64-62(72)56(67)51-49-47-45-43-41-39-36-18-16-14-12-10-8-6-4-2/h54-61,63,65-71H,3-53H2,1-2H3,(H,64,72). The molecule has 1 amide bonds. The number of aliphatic hydroxyl groups is 7. The molecule has 0 bridgehead atoms. The molecule has 0 aromatic carbocycles. The highest BCUT2D eigenvalue weighted by atomic mass is 16.7. The van der Waals surface area contributed by atoms with Gasteiger partial charge in [0.05, 0.1) is 25.4 Å². The zero-order valence-electron chi connectivity index (χ0n) is 48.6. The molecule has 1 aliphatic heterocycles. The summed E-state index contributed by atoms with van der Waals surface area (Å²) in [6.07, 6.45) is 50.4. The minimum Gasteiger partial charge on any atom is -0.394 e. The molecule has 1 fully saturated rings. The molecule has 1 rings (SSSR count). The zero-order valence-corrected chi connectivity index (χ0v) is 48.6. The number of rotatable bonds is 57. The van der Waals surface area contributed by atoms with Crippen molar-refractivity contribution < 1.29 is 50.0 Å². The van der Waals surface area contributed by atoms with E-state index in [1.807, 2.05) is 0 Å². The van der Waals surface area contributed by atoms with Crippen LogP contribution in [-0.4, -0.2) is 110 Å². The summed E-state index contributed by atoms with van der Waals surface area (Å²) in [6.45, 7) is 3.50. The van der Waals surface area contributed by atoms with Crippen molar-refractivity contribution in [3.05, 3.63) is 0 Å². The van der Waals surface area contributed by atoms with Crippen LogP contribution in [0.2, 0.25) is 0 Å². The lowest BCUT2D eigenvalue weighted by molar-refractivity contribution is -0.303. The van der Waals surface area contributed by atoms with Crippen molar-refractivity contribution in [2.75, 3.05) is 13.2 Å². The quantitative estimate of drug-likeness (QED) is 0.0272. The first-order valence-electron chi connectivity index (χ1n) is 32.4. The topological polar surface area (TPSA) is 189 Å². The number of aliphatic hydroxyl groups excluding tert-OH is 7. The molecule has 0 radical (unpaired) electrons. The molecule has 442 valence electrons. The van der Waals surface area contributed by atoms with Gasteiger partial charge >= 0.3 is 0 Å². The number of nitrogens with one attached hydrogen (secondary N) is 1. The predicted octanol–water partition coefficient (Wildman–Crippen LogP) is 14.5. The third-order valence-electron chi connectivity index (χ3n) is 16.2. The number of carbonyl (C=O) groups excluding carboxylic acids is 1. The van der Waals surface area contributed by atoms with Crippen molar-refractivity contribution in [2.45, 2.75) is 384 Å². The molecule has 11 heteroatoms. The smallest absolute Gasteiger partial charge is 0.249 e. The second-order valence-electron chi connectivity index (χ2n) is 23.2. The molecule has 9 atom stereocenters. The minimum atomic E-state index is -1.66. The molecular weight excluding hydrogens is 931 g/mol. The van der Waals surface area contributed by atoms with E-state index in [4.69, 9.17) is 9.47 Å². The number of unbranched alkanes of at least 4 members (excludes halogenated alkanes) is 45. The summed E-state index contributed by atoms with van der Waals surface area (Å²) in [5.41, 5.74) is 0. The Morgan fingerprint density at radius 3 is 1.00 bits per heavy atom. The van der Waals surface area contributed by atoms with Crippen molar-refractivity contribution in [3.63, 3.8) is 0 Å². The van der Waals surface area contributed by atoms with E-state index in [2.05, 4.69) is 19.2 Å². The fraction of sp³-hybridized carbons (Fsp3) is 0.984. The molecule has 1 saturated heterocycles. The first-order valence-corrected chi connectivity index (χ1v) is 32.4. The Kier molecular flexibility index (Phi) is 50.7. The molecule has 74 heavy (non-hydrogen) atoms. The molecule has 11 nitrogen and oxygen atoms in total. The molecule has 0 spiro atoms. The Bertz CT molecular complexity index is 1160. The highest BCUT2D eigenvalue weighted by Gasteiger charge is 2.44. The number of amides is 1. The van der Waals surface area contributed by atoms with Gasteiger partial charge in [0.2, 0.25) is 5.91 Å². The normalized spacial score (nSPS) is 19.7. The summed E-state index contributed by atoms with van der Waals surface area (Å²) in [5, 5.41) is 76.3. The second-order valence-corrected chi connectivity index (χ2v) is 23.2. The number of ether oxygens (including phenoxy) is 2. The first kappa shape index (κ1) is 71.1. The van der Waals surface area contributed by atoms with Gasteiger partial charge in [0.15, 0.2) is 6.29 Å². The van der Waals surface area contributed by atoms with Gasteiger partial charge in [-0.1, -0.05) is 316 Å². The van der Waals surface area contributed by atoms with Gasteiger partial charge in [-0.05, 0) is 12.8 Å². The molecule has 0 saturated carbocycles. The van der Waals surface area contributed by atoms with Crippen LogP contribution in [0.3, 0.4) is 0 Å². The molecule has 1 heterocycles. The lowest BCUT2D eigenvalue weighted by Crippen LogP contribution is -2.60. The van der Waals surface area contributed by atoms with E-state index in [-0.39, 0.29) is 6.42 Å². The summed E-state index contributed by atoms with van der Waals surface area (Å²) in [4.78, 5) is 13.2. The molecule has 0 aromatic rings. The predicted molar refractivity (Wildman–Crippen MR) is 307 cm³/mol. The maximum absolute atomic E-state index is 13.2. The van der Waals surface area contributed by atoms with Crippen LogP contribution in [0.5, 0.6) is 0 Å². The number of carbonyl (C=O) groups is 1. The lowest BCUT2D eigenvalue weighted by atomic mass is 9.98. The van der Waals surface area contributed by atoms with Gasteiger partial charge in [-0.25, -0.2) is 0 Å². The van der Waals surface area contributed by atoms with Crippen LogP contribution in [0, 0.1) is 0 Å². The van der Waals surface area contributed by atoms with Crippen LogP contribution in [0.25, 0.3) is 0 Å². The van der Waals surface area contributed by atoms with Crippen molar-refractivity contribution in [2.24, 2.45) is 0 Å². The third-order valence-corrected chi connectivity index (χ3v) is 16.2. The van der Waals surface area contributed by atoms with Crippen LogP contribution in [0.15, 0.2) is 0 Å². The van der Waals surface area contributed by atoms with Gasteiger partial charge in [0.25, 0.3) is 0 Å². The number of hydrogen-bond acceptors (Lipinski definition) is 10. The van der Waals surface area contributed by atoms with E-state index in [9.17, 15) is 40.5 Å². The minimum absolute atomic E-state index is 0.267. The largest absolute Gasteiger partial charge is 0.394 e. The Hall–Kier alpha value is -0.890. The maximum Gasteiger partial charge on any atom is 0.249 e. The third kappa shape index (κ3) is 40.3. The van der Waals surface area contributed by atoms with Crippen LogP contribution in [-0.2, 0) is 14.3 Å². The Labute approximate surface area is 456 Å². The molecular formula is C63H125NO10. The average molecular weight is 1060 g/mol. The van der Waals surface area contributed by atoms with Gasteiger partial charge in [-0.3, -0.25) is 4.79 Å². The molecule has 0 aromatic heterocycles. The molecule has 8 N–H and O–H groups in total. The summed E-state index contributed by atoms with van der Waals surface area (Å²) in [7, 11) is 0. The van der Waals surface area contributed by atoms with Crippen LogP contribution < -0.4 is 5.32 Å². The number of hydrogen-bond donors (Lipinski definition) is 8. The summed E-state index contributed by atoms with van der Waals surface area (Å²) in [5.74, 6) is -0.690. The van der Waals surface area contributed by atoms with E-state index < -0.39 is 74.2 Å². The van der Waals surface area contributed by atoms with Crippen molar-refractivity contribution in [1.29, 1.82) is 0 Å². The Morgan fingerprint density at radius 2 is 0.703 bits per heavy atom. The highest BCUT2D eigenvalue weighted by molar-refractivity contribution is 5.80. The summed E-state index contributed by atoms with van der Waals surface area (Å²) < 4.78 is 11.2. The van der Waals surface area contributed by atoms with E-state index in [0.29, 0.717) is 19.3 Å². The van der Waals surface area contributed by atoms with Crippen LogP contribution in [0.4, 0.5) is 0 Å². The molecule has 0 aliphatic carbocycles. The Morgan fingerprint density at radius 1 is 0.419 bits per heavy atom. The summed E-state index contributed by atoms with van der Waals surface area (Å²) >= 11 is 0. The lowest BCUT2D eigenvalue weighted by Gasteiger charge is -2.40. The average Bonchev–Trinajstić information content (AvgIpc) is 3.40. The van der Waals surface area contributed by atoms with Crippen LogP contribution in [0.1, 0.15) is 328 Å². The van der Waals surface area contributed by atoms with Gasteiger partial charge in [0.1, 0.15) is 36.6 Å². The Balaban J connectivity index is 2.17. The van der Waals surface area contributed by atoms with Gasteiger partial charge in [-0.2, -0.15) is 0 Å². The second kappa shape index (κ2) is 52.8. The van der Waals surface area contributed by atoms with E-state index >= 15 is 0 Å². The maximum atomic E-state index is 13.2. The fourth-order valence-corrected chi connectivity index (χ4v) is 10.9. The zero-order chi connectivity index (χ0) is 54.0. The van der Waals surface area contributed by atoms with Gasteiger partial charge in [-0.15, -0.1) is 0 Å². The van der Waals surface area contributed by atoms with Crippen molar-refractivity contribution in [3.8, 4) is 0 Å². The van der Waals surface area contributed by atoms with E-state index in [1.54, 1.807) is 0 Å². The SMILES string of the molecule is CCCCCCCCCCCCCCCCCCCCCCCCCCCCCCCCCCC(O)C(O)C(COC1OC(CO)C(O)C(O)C1O)NC(=O)C(O)CCCCCCCCCCCCCCCCC. The fourth-order valence-electron chi connectivity index (χ4n) is 10.9. The van der Waals surface area contributed by atoms with Gasteiger partial charge in [0, 0.05) is 0 Å².